The lowest BCUT2D eigenvalue weighted by atomic mass is 9.95. The Morgan fingerprint density at radius 2 is 2.03 bits per heavy atom. The molecule has 0 spiro atoms. The lowest BCUT2D eigenvalue weighted by Crippen LogP contribution is -2.48. The van der Waals surface area contributed by atoms with Crippen LogP contribution in [-0.2, 0) is 14.3 Å². The van der Waals surface area contributed by atoms with Crippen LogP contribution in [0.1, 0.15) is 29.5 Å². The first kappa shape index (κ1) is 25.3. The van der Waals surface area contributed by atoms with Gasteiger partial charge >= 0.3 is 12.1 Å². The Morgan fingerprint density at radius 1 is 1.38 bits per heavy atom. The summed E-state index contributed by atoms with van der Waals surface area (Å²) in [5, 5.41) is 12.3. The quantitative estimate of drug-likeness (QED) is 0.207. The van der Waals surface area contributed by atoms with Crippen LogP contribution < -0.4 is 21.1 Å². The van der Waals surface area contributed by atoms with Gasteiger partial charge in [0.25, 0.3) is 5.91 Å². The third-order valence-electron chi connectivity index (χ3n) is 4.86. The first-order valence-corrected chi connectivity index (χ1v) is 9.95. The zero-order valence-electron chi connectivity index (χ0n) is 17.7. The van der Waals surface area contributed by atoms with Crippen molar-refractivity contribution in [1.29, 1.82) is 5.41 Å². The van der Waals surface area contributed by atoms with Crippen molar-refractivity contribution in [3.63, 3.8) is 0 Å². The van der Waals surface area contributed by atoms with Crippen molar-refractivity contribution in [2.45, 2.75) is 45.0 Å². The molecule has 1 aliphatic rings. The van der Waals surface area contributed by atoms with Crippen molar-refractivity contribution in [1.82, 2.24) is 10.6 Å². The molecule has 1 aromatic rings. The summed E-state index contributed by atoms with van der Waals surface area (Å²) in [5.74, 6) is -2.26. The fraction of sp³-hybridized carbons (Fsp3) is 0.450. The minimum atomic E-state index is -4.88. The Labute approximate surface area is 187 Å². The first-order valence-electron chi connectivity index (χ1n) is 9.58. The summed E-state index contributed by atoms with van der Waals surface area (Å²) in [6, 6.07) is 0.175. The summed E-state index contributed by atoms with van der Waals surface area (Å²) >= 11 is 6.21. The monoisotopic (exact) mass is 476 g/mol. The van der Waals surface area contributed by atoms with Crippen molar-refractivity contribution in [3.8, 4) is 5.75 Å². The topological polar surface area (TPSA) is 127 Å². The number of nitrogens with one attached hydrogen (secondary N) is 3. The highest BCUT2D eigenvalue weighted by molar-refractivity contribution is 6.32. The molecule has 12 heteroatoms. The van der Waals surface area contributed by atoms with Crippen LogP contribution in [0.5, 0.6) is 5.75 Å². The number of methoxy groups -OCH3 is 1. The van der Waals surface area contributed by atoms with Gasteiger partial charge in [-0.25, -0.2) is 4.79 Å². The number of amides is 1. The Morgan fingerprint density at radius 3 is 2.59 bits per heavy atom. The number of nitrogens with two attached hydrogens (primary N) is 1. The number of guanidine groups is 1. The van der Waals surface area contributed by atoms with Crippen LogP contribution in [0, 0.1) is 19.3 Å². The van der Waals surface area contributed by atoms with Crippen molar-refractivity contribution in [2.24, 2.45) is 5.73 Å². The van der Waals surface area contributed by atoms with Crippen molar-refractivity contribution >= 4 is 35.5 Å². The molecule has 1 aliphatic heterocycles. The van der Waals surface area contributed by atoms with Gasteiger partial charge in [0.05, 0.1) is 12.7 Å². The van der Waals surface area contributed by atoms with Gasteiger partial charge in [0, 0.05) is 17.1 Å². The molecule has 5 N–H and O–H groups in total. The van der Waals surface area contributed by atoms with E-state index in [1.165, 1.54) is 6.07 Å². The highest BCUT2D eigenvalue weighted by atomic mass is 35.5. The molecule has 0 aliphatic carbocycles. The molecule has 0 saturated heterocycles. The Bertz CT molecular complexity index is 950. The van der Waals surface area contributed by atoms with Gasteiger partial charge in [-0.2, -0.15) is 13.2 Å². The Kier molecular flexibility index (Phi) is 8.00. The molecule has 0 radical (unpaired) electrons. The second kappa shape index (κ2) is 10.1. The molecule has 176 valence electrons. The predicted octanol–water partition coefficient (Wildman–Crippen LogP) is 2.58. The molecule has 1 unspecified atom stereocenters. The van der Waals surface area contributed by atoms with Crippen molar-refractivity contribution < 1.29 is 32.2 Å². The number of fused-ring (bicyclic) bond motifs is 1. The van der Waals surface area contributed by atoms with Crippen LogP contribution in [0.3, 0.4) is 0 Å². The summed E-state index contributed by atoms with van der Waals surface area (Å²) < 4.78 is 50.9. The van der Waals surface area contributed by atoms with E-state index < -0.39 is 35.8 Å². The van der Waals surface area contributed by atoms with Crippen molar-refractivity contribution in [3.05, 3.63) is 33.4 Å². The highest BCUT2D eigenvalue weighted by Gasteiger charge is 2.49. The average Bonchev–Trinajstić information content (AvgIpc) is 2.71. The molecule has 2 rings (SSSR count). The number of esters is 1. The smallest absolute Gasteiger partial charge is 0.429 e. The van der Waals surface area contributed by atoms with E-state index in [4.69, 9.17) is 27.5 Å². The number of ether oxygens (including phenoxy) is 2. The van der Waals surface area contributed by atoms with E-state index in [1.54, 1.807) is 13.8 Å². The predicted molar refractivity (Wildman–Crippen MR) is 112 cm³/mol. The number of carbonyl (C=O) groups is 2. The second-order valence-corrected chi connectivity index (χ2v) is 7.59. The minimum absolute atomic E-state index is 0.0388. The van der Waals surface area contributed by atoms with Gasteiger partial charge in [-0.3, -0.25) is 10.2 Å². The van der Waals surface area contributed by atoms with Gasteiger partial charge < -0.3 is 25.8 Å². The van der Waals surface area contributed by atoms with Gasteiger partial charge in [0.15, 0.2) is 5.96 Å². The van der Waals surface area contributed by atoms with E-state index in [-0.39, 0.29) is 36.7 Å². The second-order valence-electron chi connectivity index (χ2n) is 7.22. The Balaban J connectivity index is 2.35. The van der Waals surface area contributed by atoms with Crippen LogP contribution in [-0.4, -0.2) is 49.8 Å². The molecule has 0 saturated carbocycles. The summed E-state index contributed by atoms with van der Waals surface area (Å²) in [6.07, 6.45) is -5.99. The van der Waals surface area contributed by atoms with Gasteiger partial charge in [-0.15, -0.1) is 0 Å². The molecule has 1 heterocycles. The van der Waals surface area contributed by atoms with Crippen LogP contribution >= 0.6 is 11.6 Å². The maximum atomic E-state index is 13.7. The number of benzene rings is 1. The fourth-order valence-corrected chi connectivity index (χ4v) is 3.38. The molecule has 0 fully saturated rings. The molecular formula is C20H24ClF3N4O4. The number of aryl methyl sites for hydroxylation is 1. The summed E-state index contributed by atoms with van der Waals surface area (Å²) in [4.78, 5) is 24.9. The average molecular weight is 477 g/mol. The summed E-state index contributed by atoms with van der Waals surface area (Å²) in [5.41, 5.74) is 5.73. The molecule has 0 aromatic heterocycles. The summed E-state index contributed by atoms with van der Waals surface area (Å²) in [6.45, 7) is 3.46. The van der Waals surface area contributed by atoms with E-state index in [0.29, 0.717) is 16.1 Å². The zero-order valence-corrected chi connectivity index (χ0v) is 18.4. The van der Waals surface area contributed by atoms with Crippen LogP contribution in [0.15, 0.2) is 11.6 Å². The number of hydrogen-bond acceptors (Lipinski definition) is 5. The minimum Gasteiger partial charge on any atom is -0.475 e. The number of alkyl halides is 3. The van der Waals surface area contributed by atoms with Crippen LogP contribution in [0.4, 0.5) is 13.2 Å². The van der Waals surface area contributed by atoms with Gasteiger partial charge in [0.2, 0.25) is 6.10 Å². The number of rotatable bonds is 7. The van der Waals surface area contributed by atoms with E-state index in [2.05, 4.69) is 15.4 Å². The van der Waals surface area contributed by atoms with E-state index in [9.17, 15) is 22.8 Å². The lowest BCUT2D eigenvalue weighted by Gasteiger charge is -2.30. The molecule has 32 heavy (non-hydrogen) atoms. The molecule has 2 atom stereocenters. The van der Waals surface area contributed by atoms with Crippen molar-refractivity contribution in [2.75, 3.05) is 13.7 Å². The zero-order chi connectivity index (χ0) is 24.2. The number of halogens is 4. The highest BCUT2D eigenvalue weighted by Crippen LogP contribution is 2.41. The van der Waals surface area contributed by atoms with Crippen LogP contribution in [0.2, 0.25) is 5.02 Å². The molecule has 1 amide bonds. The lowest BCUT2D eigenvalue weighted by molar-refractivity contribution is -0.185. The van der Waals surface area contributed by atoms with E-state index in [0.717, 1.165) is 13.2 Å². The van der Waals surface area contributed by atoms with Gasteiger partial charge in [0.1, 0.15) is 11.8 Å². The standard InChI is InChI=1S/C20H24ClF3N4O4/c1-9-7-14-11(10(2)15(9)21)8-12(16(32-14)20(22,23)24)17(29)28-13(18(30)31-3)5-4-6-27-19(25)26/h7-8,13,16H,4-6H2,1-3H3,(H,28,29)(H4,25,26,27)/t13?,16-/m0/s1. The third kappa shape index (κ3) is 5.84. The maximum Gasteiger partial charge on any atom is 0.429 e. The van der Waals surface area contributed by atoms with Crippen LogP contribution in [0.25, 0.3) is 6.08 Å². The summed E-state index contributed by atoms with van der Waals surface area (Å²) in [7, 11) is 1.10. The fourth-order valence-electron chi connectivity index (χ4n) is 3.22. The number of carbonyl (C=O) groups excluding carboxylic acids is 2. The molecule has 8 nitrogen and oxygen atoms in total. The normalized spacial score (nSPS) is 16.2. The molecular weight excluding hydrogens is 453 g/mol. The van der Waals surface area contributed by atoms with Gasteiger partial charge in [-0.1, -0.05) is 11.6 Å². The van der Waals surface area contributed by atoms with E-state index >= 15 is 0 Å². The molecule has 1 aromatic carbocycles. The largest absolute Gasteiger partial charge is 0.475 e. The third-order valence-corrected chi connectivity index (χ3v) is 5.44. The maximum absolute atomic E-state index is 13.7. The van der Waals surface area contributed by atoms with Gasteiger partial charge in [-0.05, 0) is 50.0 Å². The first-order chi connectivity index (χ1) is 14.9. The SMILES string of the molecule is COC(=O)C(CCCNC(=N)N)NC(=O)C1=Cc2c(cc(C)c(Cl)c2C)O[C@@H]1C(F)(F)F. The van der Waals surface area contributed by atoms with E-state index in [1.807, 2.05) is 0 Å². The number of hydrogen-bond donors (Lipinski definition) is 4. The Hall–Kier alpha value is -2.95. The molecule has 0 bridgehead atoms.